The van der Waals surface area contributed by atoms with E-state index in [0.717, 1.165) is 11.1 Å². The summed E-state index contributed by atoms with van der Waals surface area (Å²) in [4.78, 5) is 31.5. The van der Waals surface area contributed by atoms with Crippen molar-refractivity contribution in [1.29, 1.82) is 0 Å². The number of hydrogen-bond acceptors (Lipinski definition) is 5. The van der Waals surface area contributed by atoms with Gasteiger partial charge in [0.1, 0.15) is 0 Å². The number of benzene rings is 2. The summed E-state index contributed by atoms with van der Waals surface area (Å²) in [7, 11) is 0. The second kappa shape index (κ2) is 9.47. The number of hydrogen-bond donors (Lipinski definition) is 0. The molecule has 0 unspecified atom stereocenters. The monoisotopic (exact) mass is 520 g/mol. The maximum absolute atomic E-state index is 13.6. The molecule has 0 N–H and O–H groups in total. The fourth-order valence-corrected chi connectivity index (χ4v) is 5.39. The van der Waals surface area contributed by atoms with Gasteiger partial charge in [0, 0.05) is 5.02 Å². The third-order valence-corrected chi connectivity index (χ3v) is 7.24. The van der Waals surface area contributed by atoms with Gasteiger partial charge in [-0.2, -0.15) is 0 Å². The number of fused-ring (bicyclic) bond motifs is 1. The highest BCUT2D eigenvalue weighted by atomic mass is 35.5. The standard InChI is InChI=1S/C24H19Cl3N2O3S/c1-4-32-23(31)19-13(3)28-24-29(21(19)14-7-5-12(2)6-8-14)22(30)18(33-24)10-15-9-16(25)11-17(26)20(15)27/h5-11,21H,4H2,1-3H3/b18-10+/t21-/m1/s1. The van der Waals surface area contributed by atoms with Crippen molar-refractivity contribution in [2.75, 3.05) is 6.61 Å². The van der Waals surface area contributed by atoms with Crippen LogP contribution in [-0.4, -0.2) is 17.1 Å². The lowest BCUT2D eigenvalue weighted by Gasteiger charge is -2.24. The largest absolute Gasteiger partial charge is 0.463 e. The molecule has 0 aliphatic carbocycles. The van der Waals surface area contributed by atoms with Gasteiger partial charge in [0.15, 0.2) is 4.80 Å². The molecule has 5 nitrogen and oxygen atoms in total. The van der Waals surface area contributed by atoms with Crippen LogP contribution in [0.3, 0.4) is 0 Å². The van der Waals surface area contributed by atoms with Crippen molar-refractivity contribution in [2.24, 2.45) is 4.99 Å². The molecule has 1 aliphatic heterocycles. The van der Waals surface area contributed by atoms with Crippen LogP contribution in [0.2, 0.25) is 15.1 Å². The molecule has 170 valence electrons. The van der Waals surface area contributed by atoms with E-state index in [2.05, 4.69) is 4.99 Å². The fourth-order valence-electron chi connectivity index (χ4n) is 3.68. The Morgan fingerprint density at radius 2 is 1.88 bits per heavy atom. The maximum Gasteiger partial charge on any atom is 0.338 e. The number of esters is 1. The first kappa shape index (κ1) is 23.8. The number of ether oxygens (including phenoxy) is 1. The summed E-state index contributed by atoms with van der Waals surface area (Å²) < 4.78 is 7.22. The molecule has 1 aliphatic rings. The van der Waals surface area contributed by atoms with E-state index in [4.69, 9.17) is 39.5 Å². The van der Waals surface area contributed by atoms with E-state index >= 15 is 0 Å². The van der Waals surface area contributed by atoms with E-state index in [1.54, 1.807) is 26.0 Å². The van der Waals surface area contributed by atoms with Gasteiger partial charge >= 0.3 is 5.97 Å². The SMILES string of the molecule is CCOC(=O)C1=C(C)N=c2s/c(=C/c3cc(Cl)cc(Cl)c3Cl)c(=O)n2[C@@H]1c1ccc(C)cc1. The van der Waals surface area contributed by atoms with Crippen molar-refractivity contribution in [1.82, 2.24) is 4.57 Å². The van der Waals surface area contributed by atoms with Gasteiger partial charge < -0.3 is 4.74 Å². The number of aryl methyl sites for hydroxylation is 1. The van der Waals surface area contributed by atoms with Crippen molar-refractivity contribution >= 4 is 58.2 Å². The predicted octanol–water partition coefficient (Wildman–Crippen LogP) is 5.07. The van der Waals surface area contributed by atoms with Crippen LogP contribution in [0.25, 0.3) is 6.08 Å². The van der Waals surface area contributed by atoms with Gasteiger partial charge in [-0.1, -0.05) is 76.0 Å². The van der Waals surface area contributed by atoms with Crippen molar-refractivity contribution < 1.29 is 9.53 Å². The second-order valence-electron chi connectivity index (χ2n) is 7.50. The summed E-state index contributed by atoms with van der Waals surface area (Å²) in [6.45, 7) is 5.68. The molecule has 1 atom stereocenters. The highest BCUT2D eigenvalue weighted by molar-refractivity contribution is 7.07. The van der Waals surface area contributed by atoms with E-state index in [9.17, 15) is 9.59 Å². The van der Waals surface area contributed by atoms with Crippen molar-refractivity contribution in [3.05, 3.63) is 99.1 Å². The maximum atomic E-state index is 13.6. The number of aromatic nitrogens is 1. The third kappa shape index (κ3) is 4.53. The molecule has 0 saturated heterocycles. The Morgan fingerprint density at radius 1 is 1.18 bits per heavy atom. The molecule has 0 bridgehead atoms. The normalized spacial score (nSPS) is 15.9. The smallest absolute Gasteiger partial charge is 0.338 e. The molecule has 1 aromatic heterocycles. The molecule has 2 heterocycles. The van der Waals surface area contributed by atoms with E-state index in [0.29, 0.717) is 41.2 Å². The highest BCUT2D eigenvalue weighted by Crippen LogP contribution is 2.32. The van der Waals surface area contributed by atoms with Gasteiger partial charge in [0.05, 0.1) is 38.5 Å². The minimum Gasteiger partial charge on any atom is -0.463 e. The zero-order chi connectivity index (χ0) is 23.9. The Morgan fingerprint density at radius 3 is 2.55 bits per heavy atom. The summed E-state index contributed by atoms with van der Waals surface area (Å²) in [5.41, 5.74) is 2.92. The van der Waals surface area contributed by atoms with Crippen molar-refractivity contribution in [3.8, 4) is 0 Å². The molecule has 0 fully saturated rings. The number of carbonyl (C=O) groups excluding carboxylic acids is 1. The molecular weight excluding hydrogens is 503 g/mol. The van der Waals surface area contributed by atoms with Gasteiger partial charge in [0.25, 0.3) is 5.56 Å². The summed E-state index contributed by atoms with van der Waals surface area (Å²) in [6, 6.07) is 10.2. The Bertz CT molecular complexity index is 1470. The van der Waals surface area contributed by atoms with Crippen LogP contribution in [-0.2, 0) is 9.53 Å². The van der Waals surface area contributed by atoms with Gasteiger partial charge in [-0.25, -0.2) is 9.79 Å². The molecule has 2 aromatic carbocycles. The third-order valence-electron chi connectivity index (χ3n) is 5.22. The number of nitrogens with zero attached hydrogens (tertiary/aromatic N) is 2. The summed E-state index contributed by atoms with van der Waals surface area (Å²) in [5, 5.41) is 0.993. The van der Waals surface area contributed by atoms with Crippen LogP contribution in [0.4, 0.5) is 0 Å². The molecule has 0 amide bonds. The average Bonchev–Trinajstić information content (AvgIpc) is 3.06. The molecule has 4 rings (SSSR count). The number of rotatable bonds is 4. The minimum atomic E-state index is -0.665. The van der Waals surface area contributed by atoms with Crippen LogP contribution >= 0.6 is 46.1 Å². The second-order valence-corrected chi connectivity index (χ2v) is 9.73. The fraction of sp³-hybridized carbons (Fsp3) is 0.208. The van der Waals surface area contributed by atoms with Crippen molar-refractivity contribution in [2.45, 2.75) is 26.8 Å². The van der Waals surface area contributed by atoms with Crippen LogP contribution in [0.15, 0.2) is 57.5 Å². The Kier molecular flexibility index (Phi) is 6.82. The van der Waals surface area contributed by atoms with E-state index in [-0.39, 0.29) is 12.2 Å². The Labute approximate surface area is 209 Å². The molecule has 33 heavy (non-hydrogen) atoms. The van der Waals surface area contributed by atoms with E-state index < -0.39 is 12.0 Å². The zero-order valence-electron chi connectivity index (χ0n) is 18.0. The summed E-state index contributed by atoms with van der Waals surface area (Å²) >= 11 is 19.8. The lowest BCUT2D eigenvalue weighted by molar-refractivity contribution is -0.139. The Balaban J connectivity index is 1.98. The number of carbonyl (C=O) groups is 1. The molecular formula is C24H19Cl3N2O3S. The first-order valence-electron chi connectivity index (χ1n) is 10.1. The van der Waals surface area contributed by atoms with Gasteiger partial charge in [-0.15, -0.1) is 0 Å². The van der Waals surface area contributed by atoms with Gasteiger partial charge in [-0.3, -0.25) is 9.36 Å². The number of allylic oxidation sites excluding steroid dienone is 1. The Hall–Kier alpha value is -2.38. The van der Waals surface area contributed by atoms with Crippen LogP contribution in [0.1, 0.15) is 36.6 Å². The lowest BCUT2D eigenvalue weighted by atomic mass is 9.95. The molecule has 0 saturated carbocycles. The van der Waals surface area contributed by atoms with Crippen molar-refractivity contribution in [3.63, 3.8) is 0 Å². The van der Waals surface area contributed by atoms with E-state index in [1.807, 2.05) is 31.2 Å². The van der Waals surface area contributed by atoms with Gasteiger partial charge in [-0.05, 0) is 50.1 Å². The summed E-state index contributed by atoms with van der Waals surface area (Å²) in [5.74, 6) is -0.497. The predicted molar refractivity (Wildman–Crippen MR) is 133 cm³/mol. The molecule has 3 aromatic rings. The average molecular weight is 522 g/mol. The van der Waals surface area contributed by atoms with Gasteiger partial charge in [0.2, 0.25) is 0 Å². The quantitative estimate of drug-likeness (QED) is 0.356. The lowest BCUT2D eigenvalue weighted by Crippen LogP contribution is -2.39. The number of thiazole rings is 1. The highest BCUT2D eigenvalue weighted by Gasteiger charge is 2.33. The number of halogens is 3. The van der Waals surface area contributed by atoms with E-state index in [1.165, 1.54) is 22.0 Å². The van der Waals surface area contributed by atoms with Crippen LogP contribution < -0.4 is 14.9 Å². The first-order valence-corrected chi connectivity index (χ1v) is 12.1. The van der Waals surface area contributed by atoms with Crippen LogP contribution in [0.5, 0.6) is 0 Å². The molecule has 0 spiro atoms. The molecule has 9 heteroatoms. The molecule has 0 radical (unpaired) electrons. The minimum absolute atomic E-state index is 0.217. The topological polar surface area (TPSA) is 60.7 Å². The first-order chi connectivity index (χ1) is 15.7. The summed E-state index contributed by atoms with van der Waals surface area (Å²) in [6.07, 6.45) is 1.64. The zero-order valence-corrected chi connectivity index (χ0v) is 21.1. The van der Waals surface area contributed by atoms with Crippen LogP contribution in [0, 0.1) is 6.92 Å².